The smallest absolute Gasteiger partial charge is 0.239 e. The number of hydrogen-bond acceptors (Lipinski definition) is 7. The highest BCUT2D eigenvalue weighted by Gasteiger charge is 2.49. The summed E-state index contributed by atoms with van der Waals surface area (Å²) in [6, 6.07) is 5.52. The predicted molar refractivity (Wildman–Crippen MR) is 95.6 cm³/mol. The third-order valence-electron chi connectivity index (χ3n) is 4.07. The van der Waals surface area contributed by atoms with Crippen LogP contribution in [0.25, 0.3) is 0 Å². The average molecular weight is 392 g/mol. The van der Waals surface area contributed by atoms with E-state index < -0.39 is 41.4 Å². The van der Waals surface area contributed by atoms with E-state index in [2.05, 4.69) is 21.3 Å². The number of carbonyl (C=O) groups excluding carboxylic acids is 4. The molecular weight excluding hydrogens is 380 g/mol. The highest BCUT2D eigenvalue weighted by Crippen LogP contribution is 2.36. The number of hydrogen-bond donors (Lipinski definition) is 5. The van der Waals surface area contributed by atoms with Crippen LogP contribution in [0.1, 0.15) is 11.5 Å². The summed E-state index contributed by atoms with van der Waals surface area (Å²) >= 11 is 9.56. The van der Waals surface area contributed by atoms with Crippen LogP contribution in [0.2, 0.25) is 0 Å². The highest BCUT2D eigenvalue weighted by molar-refractivity contribution is 7.80. The van der Waals surface area contributed by atoms with E-state index >= 15 is 0 Å². The Bertz CT molecular complexity index is 766. The quantitative estimate of drug-likeness (QED) is 0.321. The van der Waals surface area contributed by atoms with Gasteiger partial charge in [-0.15, -0.1) is 0 Å². The van der Waals surface area contributed by atoms with Gasteiger partial charge in [0.05, 0.1) is 0 Å². The first kappa shape index (κ1) is 17.9. The maximum absolute atomic E-state index is 12.4. The van der Waals surface area contributed by atoms with Crippen molar-refractivity contribution in [2.75, 3.05) is 0 Å². The molecule has 0 saturated carbocycles. The molecule has 2 aliphatic rings. The first-order valence-electron chi connectivity index (χ1n) is 7.38. The van der Waals surface area contributed by atoms with Gasteiger partial charge in [-0.1, -0.05) is 12.1 Å². The minimum atomic E-state index is -1.39. The molecule has 0 atom stereocenters. The van der Waals surface area contributed by atoms with E-state index in [9.17, 15) is 24.3 Å². The fraction of sp³-hybridized carbons (Fsp3) is 0.200. The van der Waals surface area contributed by atoms with Gasteiger partial charge in [0.25, 0.3) is 0 Å². The van der Waals surface area contributed by atoms with Gasteiger partial charge in [0, 0.05) is 5.92 Å². The second kappa shape index (κ2) is 6.77. The summed E-state index contributed by atoms with van der Waals surface area (Å²) in [5, 5.41) is 18.5. The van der Waals surface area contributed by atoms with Crippen molar-refractivity contribution in [2.24, 2.45) is 11.8 Å². The van der Waals surface area contributed by atoms with E-state index in [1.807, 2.05) is 0 Å². The minimum Gasteiger partial charge on any atom is -0.508 e. The van der Waals surface area contributed by atoms with Crippen LogP contribution in [0.15, 0.2) is 24.3 Å². The summed E-state index contributed by atoms with van der Waals surface area (Å²) in [5.41, 5.74) is 0.342. The zero-order valence-corrected chi connectivity index (χ0v) is 14.6. The van der Waals surface area contributed by atoms with Crippen molar-refractivity contribution in [3.05, 3.63) is 29.8 Å². The van der Waals surface area contributed by atoms with Crippen LogP contribution in [0.4, 0.5) is 0 Å². The van der Waals surface area contributed by atoms with E-state index in [-0.39, 0.29) is 16.0 Å². The lowest BCUT2D eigenvalue weighted by atomic mass is 9.74. The molecule has 2 aliphatic heterocycles. The van der Waals surface area contributed by atoms with Gasteiger partial charge in [0.15, 0.2) is 10.2 Å². The van der Waals surface area contributed by atoms with Crippen LogP contribution in [-0.4, -0.2) is 39.0 Å². The van der Waals surface area contributed by atoms with Crippen LogP contribution in [0.5, 0.6) is 5.75 Å². The molecule has 134 valence electrons. The third-order valence-corrected chi connectivity index (χ3v) is 4.48. The van der Waals surface area contributed by atoms with Crippen LogP contribution < -0.4 is 21.3 Å². The van der Waals surface area contributed by atoms with Crippen molar-refractivity contribution < 1.29 is 24.3 Å². The Kier molecular flexibility index (Phi) is 4.66. The number of rotatable bonds is 3. The van der Waals surface area contributed by atoms with Gasteiger partial charge in [-0.3, -0.25) is 19.2 Å². The first-order valence-corrected chi connectivity index (χ1v) is 8.20. The highest BCUT2D eigenvalue weighted by atomic mass is 32.1. The largest absolute Gasteiger partial charge is 0.508 e. The Morgan fingerprint density at radius 1 is 0.731 bits per heavy atom. The molecule has 0 bridgehead atoms. The van der Waals surface area contributed by atoms with Crippen LogP contribution >= 0.6 is 24.4 Å². The molecule has 9 nitrogen and oxygen atoms in total. The lowest BCUT2D eigenvalue weighted by Gasteiger charge is -2.35. The molecule has 2 saturated heterocycles. The Balaban J connectivity index is 2.09. The molecule has 26 heavy (non-hydrogen) atoms. The number of nitrogens with one attached hydrogen (secondary N) is 4. The molecular formula is C15H12N4O5S2. The van der Waals surface area contributed by atoms with Gasteiger partial charge in [-0.05, 0) is 42.1 Å². The van der Waals surface area contributed by atoms with Crippen molar-refractivity contribution in [3.8, 4) is 5.75 Å². The van der Waals surface area contributed by atoms with E-state index in [1.54, 1.807) is 0 Å². The van der Waals surface area contributed by atoms with E-state index in [4.69, 9.17) is 24.4 Å². The topological polar surface area (TPSA) is 137 Å². The zero-order valence-electron chi connectivity index (χ0n) is 12.9. The Labute approximate surface area is 157 Å². The number of amides is 4. The molecule has 1 aromatic rings. The van der Waals surface area contributed by atoms with Crippen LogP contribution in [0.3, 0.4) is 0 Å². The summed E-state index contributed by atoms with van der Waals surface area (Å²) in [6.07, 6.45) is 0. The van der Waals surface area contributed by atoms with Gasteiger partial charge in [0.1, 0.15) is 17.6 Å². The number of carbonyl (C=O) groups is 4. The molecule has 1 aromatic carbocycles. The molecule has 0 aliphatic carbocycles. The van der Waals surface area contributed by atoms with Gasteiger partial charge in [-0.25, -0.2) is 0 Å². The minimum absolute atomic E-state index is 0.0510. The number of phenols is 1. The Morgan fingerprint density at radius 3 is 1.42 bits per heavy atom. The summed E-state index contributed by atoms with van der Waals surface area (Å²) in [4.78, 5) is 49.7. The molecule has 0 unspecified atom stereocenters. The van der Waals surface area contributed by atoms with E-state index in [0.717, 1.165) is 0 Å². The average Bonchev–Trinajstić information content (AvgIpc) is 2.52. The summed E-state index contributed by atoms with van der Waals surface area (Å²) in [5.74, 6) is -6.89. The molecule has 4 amide bonds. The van der Waals surface area contributed by atoms with Crippen molar-refractivity contribution >= 4 is 58.3 Å². The first-order chi connectivity index (χ1) is 12.3. The lowest BCUT2D eigenvalue weighted by molar-refractivity contribution is -0.140. The van der Waals surface area contributed by atoms with Gasteiger partial charge in [-0.2, -0.15) is 0 Å². The second-order valence-corrected chi connectivity index (χ2v) is 6.50. The lowest BCUT2D eigenvalue weighted by Crippen LogP contribution is -2.62. The van der Waals surface area contributed by atoms with Crippen molar-refractivity contribution in [3.63, 3.8) is 0 Å². The fourth-order valence-corrected chi connectivity index (χ4v) is 3.39. The fourth-order valence-electron chi connectivity index (χ4n) is 2.99. The van der Waals surface area contributed by atoms with Crippen LogP contribution in [-0.2, 0) is 19.2 Å². The molecule has 5 N–H and O–H groups in total. The zero-order chi connectivity index (χ0) is 19.0. The van der Waals surface area contributed by atoms with Gasteiger partial charge >= 0.3 is 0 Å². The number of phenolic OH excluding ortho intramolecular Hbond substituents is 1. The molecule has 0 radical (unpaired) electrons. The standard InChI is InChI=1S/C15H12N4O5S2/c20-6-3-1-5(2-4-6)7(8-10(21)16-14(25)17-11(8)22)9-12(23)18-15(26)19-13(9)24/h1-4,7-9,20H,(H2,16,17,21,22,25)(H2,18,19,23,24,26). The monoisotopic (exact) mass is 392 g/mol. The molecule has 2 heterocycles. The molecule has 11 heteroatoms. The van der Waals surface area contributed by atoms with Gasteiger partial charge < -0.3 is 26.4 Å². The van der Waals surface area contributed by atoms with Gasteiger partial charge in [0.2, 0.25) is 23.6 Å². The predicted octanol–water partition coefficient (Wildman–Crippen LogP) is -1.23. The normalized spacial score (nSPS) is 19.1. The van der Waals surface area contributed by atoms with E-state index in [1.165, 1.54) is 24.3 Å². The summed E-state index contributed by atoms with van der Waals surface area (Å²) in [6.45, 7) is 0. The second-order valence-electron chi connectivity index (χ2n) is 5.69. The maximum Gasteiger partial charge on any atom is 0.239 e. The van der Waals surface area contributed by atoms with E-state index in [0.29, 0.717) is 5.56 Å². The van der Waals surface area contributed by atoms with Crippen molar-refractivity contribution in [1.82, 2.24) is 21.3 Å². The summed E-state index contributed by atoms with van der Waals surface area (Å²) < 4.78 is 0. The van der Waals surface area contributed by atoms with Crippen LogP contribution in [0, 0.1) is 11.8 Å². The van der Waals surface area contributed by atoms with Crippen molar-refractivity contribution in [2.45, 2.75) is 5.92 Å². The SMILES string of the molecule is O=C1NC(=S)NC(=O)C1C(c1ccc(O)cc1)C1C(=O)NC(=S)NC1=O. The number of benzene rings is 1. The molecule has 3 rings (SSSR count). The summed E-state index contributed by atoms with van der Waals surface area (Å²) in [7, 11) is 0. The molecule has 2 fully saturated rings. The maximum atomic E-state index is 12.4. The Morgan fingerprint density at radius 2 is 1.08 bits per heavy atom. The molecule has 0 spiro atoms. The number of thiocarbonyl (C=S) groups is 2. The number of aromatic hydroxyl groups is 1. The Hall–Kier alpha value is -2.92. The third kappa shape index (κ3) is 3.26. The molecule has 0 aromatic heterocycles. The van der Waals surface area contributed by atoms with Crippen molar-refractivity contribution in [1.29, 1.82) is 0 Å².